The summed E-state index contributed by atoms with van der Waals surface area (Å²) in [6.45, 7) is 5.38. The lowest BCUT2D eigenvalue weighted by Gasteiger charge is -2.13. The van der Waals surface area contributed by atoms with Gasteiger partial charge >= 0.3 is 0 Å². The fourth-order valence-electron chi connectivity index (χ4n) is 1.76. The Balaban J connectivity index is 2.93. The molecular weight excluding hydrogens is 354 g/mol. The summed E-state index contributed by atoms with van der Waals surface area (Å²) < 4.78 is 0. The summed E-state index contributed by atoms with van der Waals surface area (Å²) in [6, 6.07) is 7.97. The Kier molecular flexibility index (Phi) is 9.41. The lowest BCUT2D eigenvalue weighted by molar-refractivity contribution is 0.899. The van der Waals surface area contributed by atoms with E-state index in [2.05, 4.69) is 31.7 Å². The zero-order chi connectivity index (χ0) is 18.7. The van der Waals surface area contributed by atoms with Crippen molar-refractivity contribution >= 4 is 52.3 Å². The molecule has 136 valence electrons. The molecule has 0 aliphatic rings. The molecule has 0 saturated heterocycles. The van der Waals surface area contributed by atoms with Gasteiger partial charge in [-0.05, 0) is 50.4 Å². The number of hydrogen-bond donors (Lipinski definition) is 4. The molecule has 0 saturated carbocycles. The van der Waals surface area contributed by atoms with E-state index in [1.54, 1.807) is 6.21 Å². The molecule has 4 N–H and O–H groups in total. The van der Waals surface area contributed by atoms with Crippen LogP contribution in [-0.4, -0.2) is 49.3 Å². The Hall–Kier alpha value is -2.26. The molecule has 0 fully saturated rings. The topological polar surface area (TPSA) is 76.1 Å². The van der Waals surface area contributed by atoms with E-state index in [-0.39, 0.29) is 0 Å². The molecule has 9 heteroatoms. The Morgan fingerprint density at radius 2 is 1.56 bits per heavy atom. The third-order valence-electron chi connectivity index (χ3n) is 2.98. The predicted molar refractivity (Wildman–Crippen MR) is 115 cm³/mol. The van der Waals surface area contributed by atoms with Gasteiger partial charge in [0, 0.05) is 38.4 Å². The summed E-state index contributed by atoms with van der Waals surface area (Å²) in [6.07, 6.45) is 1.59. The Morgan fingerprint density at radius 1 is 1.00 bits per heavy atom. The lowest BCUT2D eigenvalue weighted by Crippen LogP contribution is -2.33. The van der Waals surface area contributed by atoms with E-state index in [4.69, 9.17) is 24.4 Å². The van der Waals surface area contributed by atoms with E-state index >= 15 is 0 Å². The van der Waals surface area contributed by atoms with Gasteiger partial charge in [0.2, 0.25) is 0 Å². The zero-order valence-electron chi connectivity index (χ0n) is 15.0. The van der Waals surface area contributed by atoms with Gasteiger partial charge in [-0.3, -0.25) is 10.9 Å². The van der Waals surface area contributed by atoms with Gasteiger partial charge in [-0.25, -0.2) is 0 Å². The maximum absolute atomic E-state index is 5.14. The number of anilines is 1. The van der Waals surface area contributed by atoms with Crippen LogP contribution in [0.4, 0.5) is 5.69 Å². The Bertz CT molecular complexity index is 624. The van der Waals surface area contributed by atoms with Crippen LogP contribution in [0.15, 0.2) is 34.5 Å². The SMILES string of the molecule is CCNC(=S)N/N=C\C(=N\NC(=S)NCC)c1ccc(N(C)C)cc1. The highest BCUT2D eigenvalue weighted by atomic mass is 32.1. The maximum Gasteiger partial charge on any atom is 0.186 e. The molecule has 0 unspecified atom stereocenters. The first kappa shape index (κ1) is 20.8. The van der Waals surface area contributed by atoms with Gasteiger partial charge in [0.25, 0.3) is 0 Å². The van der Waals surface area contributed by atoms with Crippen LogP contribution in [0.3, 0.4) is 0 Å². The minimum Gasteiger partial charge on any atom is -0.378 e. The van der Waals surface area contributed by atoms with Crippen LogP contribution in [0.25, 0.3) is 0 Å². The van der Waals surface area contributed by atoms with Crippen molar-refractivity contribution in [1.82, 2.24) is 21.5 Å². The molecule has 0 aromatic heterocycles. The second-order valence-corrected chi connectivity index (χ2v) is 5.96. The average Bonchev–Trinajstić information content (AvgIpc) is 2.58. The molecule has 0 atom stereocenters. The van der Waals surface area contributed by atoms with E-state index < -0.39 is 0 Å². The monoisotopic (exact) mass is 379 g/mol. The quantitative estimate of drug-likeness (QED) is 0.324. The molecule has 0 radical (unpaired) electrons. The first-order valence-electron chi connectivity index (χ1n) is 7.94. The summed E-state index contributed by atoms with van der Waals surface area (Å²) in [5.41, 5.74) is 8.19. The van der Waals surface area contributed by atoms with Gasteiger partial charge in [-0.1, -0.05) is 12.1 Å². The first-order valence-corrected chi connectivity index (χ1v) is 8.75. The minimum absolute atomic E-state index is 0.453. The Morgan fingerprint density at radius 3 is 2.08 bits per heavy atom. The van der Waals surface area contributed by atoms with Crippen LogP contribution < -0.4 is 26.4 Å². The molecule has 0 amide bonds. The summed E-state index contributed by atoms with van der Waals surface area (Å²) in [4.78, 5) is 2.03. The molecule has 0 bridgehead atoms. The molecule has 1 aromatic rings. The fourth-order valence-corrected chi connectivity index (χ4v) is 2.15. The van der Waals surface area contributed by atoms with Crippen LogP contribution >= 0.6 is 24.4 Å². The van der Waals surface area contributed by atoms with Crippen molar-refractivity contribution in [3.63, 3.8) is 0 Å². The maximum atomic E-state index is 5.14. The third-order valence-corrected chi connectivity index (χ3v) is 3.46. The normalized spacial score (nSPS) is 11.1. The second kappa shape index (κ2) is 11.3. The molecule has 0 spiro atoms. The van der Waals surface area contributed by atoms with Crippen molar-refractivity contribution < 1.29 is 0 Å². The summed E-state index contributed by atoms with van der Waals surface area (Å²) >= 11 is 10.2. The molecule has 0 heterocycles. The number of nitrogens with one attached hydrogen (secondary N) is 4. The fraction of sp³-hybridized carbons (Fsp3) is 0.375. The zero-order valence-corrected chi connectivity index (χ0v) is 16.6. The van der Waals surface area contributed by atoms with Crippen molar-refractivity contribution in [2.24, 2.45) is 10.2 Å². The summed E-state index contributed by atoms with van der Waals surface area (Å²) in [5.74, 6) is 0. The van der Waals surface area contributed by atoms with Gasteiger partial charge < -0.3 is 15.5 Å². The van der Waals surface area contributed by atoms with Gasteiger partial charge in [-0.15, -0.1) is 0 Å². The van der Waals surface area contributed by atoms with Crippen LogP contribution in [0.5, 0.6) is 0 Å². The smallest absolute Gasteiger partial charge is 0.186 e. The lowest BCUT2D eigenvalue weighted by atomic mass is 10.1. The van der Waals surface area contributed by atoms with Crippen molar-refractivity contribution in [3.8, 4) is 0 Å². The third kappa shape index (κ3) is 7.90. The van der Waals surface area contributed by atoms with E-state index in [9.17, 15) is 0 Å². The Labute approximate surface area is 159 Å². The van der Waals surface area contributed by atoms with Crippen LogP contribution in [-0.2, 0) is 0 Å². The van der Waals surface area contributed by atoms with Crippen LogP contribution in [0.1, 0.15) is 19.4 Å². The highest BCUT2D eigenvalue weighted by Gasteiger charge is 2.04. The molecule has 25 heavy (non-hydrogen) atoms. The number of nitrogens with zero attached hydrogens (tertiary/aromatic N) is 3. The highest BCUT2D eigenvalue weighted by Crippen LogP contribution is 2.12. The number of rotatable bonds is 7. The summed E-state index contributed by atoms with van der Waals surface area (Å²) in [5, 5.41) is 15.3. The van der Waals surface area contributed by atoms with Crippen molar-refractivity contribution in [3.05, 3.63) is 29.8 Å². The van der Waals surface area contributed by atoms with E-state index in [0.29, 0.717) is 15.9 Å². The molecule has 0 aliphatic carbocycles. The first-order chi connectivity index (χ1) is 12.0. The number of thiocarbonyl (C=S) groups is 2. The second-order valence-electron chi connectivity index (χ2n) is 5.14. The van der Waals surface area contributed by atoms with Gasteiger partial charge in [0.1, 0.15) is 5.71 Å². The largest absolute Gasteiger partial charge is 0.378 e. The van der Waals surface area contributed by atoms with Gasteiger partial charge in [0.05, 0.1) is 6.21 Å². The average molecular weight is 380 g/mol. The van der Waals surface area contributed by atoms with E-state index in [1.807, 2.05) is 57.1 Å². The van der Waals surface area contributed by atoms with Crippen molar-refractivity contribution in [2.45, 2.75) is 13.8 Å². The molecule has 1 rings (SSSR count). The van der Waals surface area contributed by atoms with Gasteiger partial charge in [-0.2, -0.15) is 10.2 Å². The van der Waals surface area contributed by atoms with Crippen molar-refractivity contribution in [2.75, 3.05) is 32.1 Å². The van der Waals surface area contributed by atoms with Gasteiger partial charge in [0.15, 0.2) is 10.2 Å². The molecule has 0 aliphatic heterocycles. The predicted octanol–water partition coefficient (Wildman–Crippen LogP) is 1.41. The van der Waals surface area contributed by atoms with Crippen LogP contribution in [0.2, 0.25) is 0 Å². The summed E-state index contributed by atoms with van der Waals surface area (Å²) in [7, 11) is 3.99. The molecule has 1 aromatic carbocycles. The minimum atomic E-state index is 0.453. The van der Waals surface area contributed by atoms with Crippen molar-refractivity contribution in [1.29, 1.82) is 0 Å². The molecular formula is C16H25N7S2. The highest BCUT2D eigenvalue weighted by molar-refractivity contribution is 7.80. The van der Waals surface area contributed by atoms with Crippen LogP contribution in [0, 0.1) is 0 Å². The molecule has 7 nitrogen and oxygen atoms in total. The van der Waals surface area contributed by atoms with E-state index in [1.165, 1.54) is 0 Å². The number of hydrazone groups is 2. The standard InChI is InChI=1S/C16H25N7S2/c1-5-17-15(24)21-19-11-14(20-22-16(25)18-6-2)12-7-9-13(10-8-12)23(3)4/h7-11H,5-6H2,1-4H3,(H2,17,21,24)(H2,18,22,25)/b19-11-,20-14-. The number of benzene rings is 1. The number of hydrogen-bond acceptors (Lipinski definition) is 5. The van der Waals surface area contributed by atoms with E-state index in [0.717, 1.165) is 24.3 Å².